The Bertz CT molecular complexity index is 629. The van der Waals surface area contributed by atoms with E-state index >= 15 is 0 Å². The van der Waals surface area contributed by atoms with Gasteiger partial charge in [0.2, 0.25) is 5.95 Å². The van der Waals surface area contributed by atoms with Crippen LogP contribution in [0.1, 0.15) is 18.2 Å². The third kappa shape index (κ3) is 4.10. The second-order valence-electron chi connectivity index (χ2n) is 4.31. The second kappa shape index (κ2) is 6.34. The summed E-state index contributed by atoms with van der Waals surface area (Å²) in [4.78, 5) is 8.48. The highest BCUT2D eigenvalue weighted by Crippen LogP contribution is 2.34. The molecule has 0 aliphatic carbocycles. The molecule has 0 fully saturated rings. The molecule has 112 valence electrons. The van der Waals surface area contributed by atoms with Crippen molar-refractivity contribution >= 4 is 17.7 Å². The number of rotatable bonds is 4. The van der Waals surface area contributed by atoms with Gasteiger partial charge in [0.05, 0.1) is 0 Å². The maximum Gasteiger partial charge on any atom is 0.433 e. The lowest BCUT2D eigenvalue weighted by molar-refractivity contribution is -0.141. The highest BCUT2D eigenvalue weighted by Gasteiger charge is 2.33. The summed E-state index contributed by atoms with van der Waals surface area (Å²) in [5.41, 5.74) is 0.0456. The van der Waals surface area contributed by atoms with Gasteiger partial charge in [0.1, 0.15) is 5.03 Å². The van der Waals surface area contributed by atoms with Gasteiger partial charge in [-0.25, -0.2) is 9.97 Å². The summed E-state index contributed by atoms with van der Waals surface area (Å²) in [7, 11) is 0. The first-order chi connectivity index (χ1) is 9.90. The van der Waals surface area contributed by atoms with Crippen molar-refractivity contribution in [2.24, 2.45) is 0 Å². The van der Waals surface area contributed by atoms with Gasteiger partial charge in [-0.2, -0.15) is 13.2 Å². The summed E-state index contributed by atoms with van der Waals surface area (Å²) in [6.45, 7) is 4.13. The minimum atomic E-state index is -4.49. The number of hydrogen-bond acceptors (Lipinski definition) is 4. The molecule has 2 aromatic rings. The molecule has 0 saturated heterocycles. The molecule has 0 bridgehead atoms. The summed E-state index contributed by atoms with van der Waals surface area (Å²) in [5.74, 6) is -0.0107. The number of benzene rings is 1. The number of hydrogen-bond donors (Lipinski definition) is 1. The van der Waals surface area contributed by atoms with Crippen molar-refractivity contribution in [3.8, 4) is 0 Å². The van der Waals surface area contributed by atoms with Gasteiger partial charge >= 0.3 is 6.18 Å². The van der Waals surface area contributed by atoms with Crippen LogP contribution in [0.2, 0.25) is 0 Å². The van der Waals surface area contributed by atoms with Crippen molar-refractivity contribution < 1.29 is 13.2 Å². The first kappa shape index (κ1) is 15.6. The fourth-order valence-electron chi connectivity index (χ4n) is 1.64. The summed E-state index contributed by atoms with van der Waals surface area (Å²) in [5, 5.41) is 2.99. The molecule has 0 unspecified atom stereocenters. The zero-order valence-electron chi connectivity index (χ0n) is 11.5. The van der Waals surface area contributed by atoms with Crippen LogP contribution in [0.25, 0.3) is 0 Å². The van der Waals surface area contributed by atoms with Crippen LogP contribution in [-0.2, 0) is 6.18 Å². The lowest BCUT2D eigenvalue weighted by Crippen LogP contribution is -2.12. The predicted octanol–water partition coefficient (Wildman–Crippen LogP) is 4.39. The Balaban J connectivity index is 2.38. The molecule has 0 saturated carbocycles. The number of anilines is 1. The topological polar surface area (TPSA) is 37.8 Å². The standard InChI is InChI=1S/C14H14F3N3S/c1-3-18-13-19-11(14(15,16)17)8-12(20-13)21-10-7-5-4-6-9(10)2/h4-8H,3H2,1-2H3,(H,18,19,20). The van der Waals surface area contributed by atoms with Crippen LogP contribution in [0.3, 0.4) is 0 Å². The molecule has 3 nitrogen and oxygen atoms in total. The molecular formula is C14H14F3N3S. The molecule has 1 heterocycles. The van der Waals surface area contributed by atoms with Crippen LogP contribution in [0.5, 0.6) is 0 Å². The van der Waals surface area contributed by atoms with E-state index in [1.807, 2.05) is 31.2 Å². The molecule has 1 aromatic carbocycles. The quantitative estimate of drug-likeness (QED) is 0.850. The summed E-state index contributed by atoms with van der Waals surface area (Å²) >= 11 is 1.19. The van der Waals surface area contributed by atoms with Gasteiger partial charge in [-0.15, -0.1) is 0 Å². The van der Waals surface area contributed by atoms with Gasteiger partial charge in [-0.3, -0.25) is 0 Å². The van der Waals surface area contributed by atoms with E-state index in [4.69, 9.17) is 0 Å². The molecule has 0 spiro atoms. The highest BCUT2D eigenvalue weighted by atomic mass is 32.2. The van der Waals surface area contributed by atoms with Crippen LogP contribution in [0.15, 0.2) is 40.3 Å². The fraction of sp³-hybridized carbons (Fsp3) is 0.286. The number of nitrogens with zero attached hydrogens (tertiary/aromatic N) is 2. The van der Waals surface area contributed by atoms with Crippen LogP contribution < -0.4 is 5.32 Å². The van der Waals surface area contributed by atoms with E-state index in [9.17, 15) is 13.2 Å². The molecule has 0 amide bonds. The van der Waals surface area contributed by atoms with E-state index in [0.717, 1.165) is 16.5 Å². The van der Waals surface area contributed by atoms with Gasteiger partial charge in [0.15, 0.2) is 5.69 Å². The maximum absolute atomic E-state index is 12.9. The minimum Gasteiger partial charge on any atom is -0.354 e. The van der Waals surface area contributed by atoms with E-state index in [0.29, 0.717) is 6.54 Å². The smallest absolute Gasteiger partial charge is 0.354 e. The Labute approximate surface area is 125 Å². The first-order valence-electron chi connectivity index (χ1n) is 6.33. The molecule has 7 heteroatoms. The number of aromatic nitrogens is 2. The van der Waals surface area contributed by atoms with Crippen LogP contribution >= 0.6 is 11.8 Å². The zero-order valence-corrected chi connectivity index (χ0v) is 12.3. The third-order valence-electron chi connectivity index (χ3n) is 2.64. The normalized spacial score (nSPS) is 11.5. The number of alkyl halides is 3. The van der Waals surface area contributed by atoms with Crippen molar-refractivity contribution in [1.29, 1.82) is 0 Å². The summed E-state index contributed by atoms with van der Waals surface area (Å²) < 4.78 is 38.6. The number of nitrogens with one attached hydrogen (secondary N) is 1. The number of aryl methyl sites for hydroxylation is 1. The Morgan fingerprint density at radius 2 is 1.90 bits per heavy atom. The van der Waals surface area contributed by atoms with Crippen molar-refractivity contribution in [3.63, 3.8) is 0 Å². The third-order valence-corrected chi connectivity index (χ3v) is 3.73. The lowest BCUT2D eigenvalue weighted by atomic mass is 10.2. The van der Waals surface area contributed by atoms with Crippen LogP contribution in [0, 0.1) is 6.92 Å². The minimum absolute atomic E-state index is 0.0107. The monoisotopic (exact) mass is 313 g/mol. The van der Waals surface area contributed by atoms with Crippen molar-refractivity contribution in [2.45, 2.75) is 29.9 Å². The molecule has 0 atom stereocenters. The average molecular weight is 313 g/mol. The average Bonchev–Trinajstić information content (AvgIpc) is 2.41. The molecule has 0 radical (unpaired) electrons. The SMILES string of the molecule is CCNc1nc(Sc2ccccc2C)cc(C(F)(F)F)n1. The van der Waals surface area contributed by atoms with Crippen LogP contribution in [-0.4, -0.2) is 16.5 Å². The van der Waals surface area contributed by atoms with Gasteiger partial charge in [-0.1, -0.05) is 30.0 Å². The van der Waals surface area contributed by atoms with Gasteiger partial charge in [0.25, 0.3) is 0 Å². The molecule has 2 rings (SSSR count). The first-order valence-corrected chi connectivity index (χ1v) is 7.15. The van der Waals surface area contributed by atoms with Crippen LogP contribution in [0.4, 0.5) is 19.1 Å². The predicted molar refractivity (Wildman–Crippen MR) is 76.5 cm³/mol. The highest BCUT2D eigenvalue weighted by molar-refractivity contribution is 7.99. The Kier molecular flexibility index (Phi) is 4.72. The van der Waals surface area contributed by atoms with Crippen molar-refractivity contribution in [1.82, 2.24) is 9.97 Å². The van der Waals surface area contributed by atoms with Gasteiger partial charge in [-0.05, 0) is 25.5 Å². The summed E-state index contributed by atoms with van der Waals surface area (Å²) in [6, 6.07) is 8.44. The molecular weight excluding hydrogens is 299 g/mol. The fourth-order valence-corrected chi connectivity index (χ4v) is 2.55. The Morgan fingerprint density at radius 3 is 2.52 bits per heavy atom. The van der Waals surface area contributed by atoms with Gasteiger partial charge in [0, 0.05) is 17.5 Å². The van der Waals surface area contributed by atoms with E-state index in [1.165, 1.54) is 11.8 Å². The second-order valence-corrected chi connectivity index (χ2v) is 5.37. The Hall–Kier alpha value is -1.76. The van der Waals surface area contributed by atoms with E-state index < -0.39 is 11.9 Å². The van der Waals surface area contributed by atoms with E-state index in [1.54, 1.807) is 6.92 Å². The molecule has 21 heavy (non-hydrogen) atoms. The van der Waals surface area contributed by atoms with E-state index in [2.05, 4.69) is 15.3 Å². The maximum atomic E-state index is 12.9. The van der Waals surface area contributed by atoms with Gasteiger partial charge < -0.3 is 5.32 Å². The number of halogens is 3. The lowest BCUT2D eigenvalue weighted by Gasteiger charge is -2.11. The zero-order chi connectivity index (χ0) is 15.5. The largest absolute Gasteiger partial charge is 0.433 e. The Morgan fingerprint density at radius 1 is 1.19 bits per heavy atom. The van der Waals surface area contributed by atoms with E-state index in [-0.39, 0.29) is 11.0 Å². The molecule has 0 aliphatic heterocycles. The summed E-state index contributed by atoms with van der Waals surface area (Å²) in [6.07, 6.45) is -4.49. The van der Waals surface area contributed by atoms with Crippen molar-refractivity contribution in [3.05, 3.63) is 41.6 Å². The molecule has 1 N–H and O–H groups in total. The van der Waals surface area contributed by atoms with Crippen molar-refractivity contribution in [2.75, 3.05) is 11.9 Å². The molecule has 1 aromatic heterocycles. The molecule has 0 aliphatic rings.